The van der Waals surface area contributed by atoms with E-state index in [4.69, 9.17) is 0 Å². The second-order valence-corrected chi connectivity index (χ2v) is 4.01. The molecule has 1 N–H and O–H groups in total. The maximum absolute atomic E-state index is 4.25. The fourth-order valence-corrected chi connectivity index (χ4v) is 1.31. The Morgan fingerprint density at radius 1 is 1.36 bits per heavy atom. The minimum Gasteiger partial charge on any atom is -0.381 e. The van der Waals surface area contributed by atoms with Crippen LogP contribution in [0.2, 0.25) is 0 Å². The fourth-order valence-electron chi connectivity index (χ4n) is 1.31. The third-order valence-corrected chi connectivity index (χ3v) is 2.80. The zero-order chi connectivity index (χ0) is 10.6. The second kappa shape index (κ2) is 4.99. The van der Waals surface area contributed by atoms with Gasteiger partial charge in [-0.1, -0.05) is 20.3 Å². The Hall–Kier alpha value is -1.05. The van der Waals surface area contributed by atoms with Gasteiger partial charge in [0.15, 0.2) is 0 Å². The van der Waals surface area contributed by atoms with Crippen LogP contribution in [0.25, 0.3) is 0 Å². The molecule has 0 unspecified atom stereocenters. The van der Waals surface area contributed by atoms with E-state index in [1.807, 2.05) is 19.2 Å². The van der Waals surface area contributed by atoms with E-state index in [9.17, 15) is 0 Å². The summed E-state index contributed by atoms with van der Waals surface area (Å²) in [5, 5.41) is 3.46. The smallest absolute Gasteiger partial charge is 0.0529 e. The van der Waals surface area contributed by atoms with Crippen LogP contribution in [-0.4, -0.2) is 11.0 Å². The number of rotatable bonds is 4. The summed E-state index contributed by atoms with van der Waals surface area (Å²) in [6, 6.07) is 4.62. The molecule has 0 saturated heterocycles. The van der Waals surface area contributed by atoms with Crippen molar-refractivity contribution < 1.29 is 0 Å². The Kier molecular flexibility index (Phi) is 3.93. The number of hydrogen-bond donors (Lipinski definition) is 1. The quantitative estimate of drug-likeness (QED) is 0.792. The van der Waals surface area contributed by atoms with Crippen LogP contribution < -0.4 is 5.32 Å². The topological polar surface area (TPSA) is 24.9 Å². The summed E-state index contributed by atoms with van der Waals surface area (Å²) in [5.41, 5.74) is 2.18. The molecule has 0 amide bonds. The van der Waals surface area contributed by atoms with Crippen molar-refractivity contribution in [2.75, 3.05) is 5.32 Å². The summed E-state index contributed by atoms with van der Waals surface area (Å²) < 4.78 is 0. The molecule has 0 aliphatic carbocycles. The highest BCUT2D eigenvalue weighted by atomic mass is 14.9. The van der Waals surface area contributed by atoms with Gasteiger partial charge in [-0.25, -0.2) is 0 Å². The zero-order valence-electron chi connectivity index (χ0n) is 9.54. The van der Waals surface area contributed by atoms with E-state index in [0.29, 0.717) is 12.0 Å². The molecule has 0 spiro atoms. The predicted molar refractivity (Wildman–Crippen MR) is 61.5 cm³/mol. The van der Waals surface area contributed by atoms with E-state index in [1.165, 1.54) is 6.42 Å². The van der Waals surface area contributed by atoms with E-state index in [2.05, 4.69) is 37.1 Å². The third kappa shape index (κ3) is 3.02. The molecule has 0 fully saturated rings. The van der Waals surface area contributed by atoms with Gasteiger partial charge in [-0.2, -0.15) is 0 Å². The van der Waals surface area contributed by atoms with Gasteiger partial charge in [0.1, 0.15) is 0 Å². The molecule has 2 atom stereocenters. The Labute approximate surface area is 86.8 Å². The number of aryl methyl sites for hydroxylation is 1. The summed E-state index contributed by atoms with van der Waals surface area (Å²) in [6.45, 7) is 8.70. The molecule has 0 bridgehead atoms. The van der Waals surface area contributed by atoms with Crippen molar-refractivity contribution in [1.29, 1.82) is 0 Å². The molecule has 0 aliphatic rings. The van der Waals surface area contributed by atoms with Gasteiger partial charge < -0.3 is 5.32 Å². The molecule has 2 heteroatoms. The molecule has 78 valence electrons. The summed E-state index contributed by atoms with van der Waals surface area (Å²) in [7, 11) is 0. The molecule has 1 heterocycles. The van der Waals surface area contributed by atoms with Crippen molar-refractivity contribution in [2.24, 2.45) is 5.92 Å². The van der Waals surface area contributed by atoms with Crippen molar-refractivity contribution >= 4 is 5.69 Å². The van der Waals surface area contributed by atoms with Gasteiger partial charge in [-0.05, 0) is 31.9 Å². The van der Waals surface area contributed by atoms with Gasteiger partial charge in [0.2, 0.25) is 0 Å². The maximum Gasteiger partial charge on any atom is 0.0529 e. The normalized spacial score (nSPS) is 14.9. The first-order chi connectivity index (χ1) is 6.63. The first-order valence-corrected chi connectivity index (χ1v) is 5.32. The molecule has 0 aromatic carbocycles. The summed E-state index contributed by atoms with van der Waals surface area (Å²) >= 11 is 0. The van der Waals surface area contributed by atoms with Crippen LogP contribution in [0.15, 0.2) is 18.3 Å². The molecule has 1 aromatic heterocycles. The van der Waals surface area contributed by atoms with Crippen molar-refractivity contribution in [2.45, 2.75) is 40.2 Å². The maximum atomic E-state index is 4.25. The molecule has 14 heavy (non-hydrogen) atoms. The second-order valence-electron chi connectivity index (χ2n) is 4.01. The van der Waals surface area contributed by atoms with Crippen LogP contribution in [-0.2, 0) is 0 Å². The van der Waals surface area contributed by atoms with Crippen molar-refractivity contribution in [3.63, 3.8) is 0 Å². The monoisotopic (exact) mass is 192 g/mol. The number of nitrogens with one attached hydrogen (secondary N) is 1. The lowest BCUT2D eigenvalue weighted by atomic mass is 10.0. The molecular formula is C12H20N2. The predicted octanol–water partition coefficient (Wildman–Crippen LogP) is 3.24. The van der Waals surface area contributed by atoms with E-state index in [-0.39, 0.29) is 0 Å². The molecule has 1 aromatic rings. The lowest BCUT2D eigenvalue weighted by Crippen LogP contribution is -2.23. The van der Waals surface area contributed by atoms with Crippen LogP contribution in [0.4, 0.5) is 5.69 Å². The van der Waals surface area contributed by atoms with Crippen LogP contribution in [0.1, 0.15) is 32.9 Å². The van der Waals surface area contributed by atoms with Crippen molar-refractivity contribution in [1.82, 2.24) is 4.98 Å². The summed E-state index contributed by atoms with van der Waals surface area (Å²) in [4.78, 5) is 4.25. The fraction of sp³-hybridized carbons (Fsp3) is 0.583. The zero-order valence-corrected chi connectivity index (χ0v) is 9.54. The van der Waals surface area contributed by atoms with Gasteiger partial charge in [0.25, 0.3) is 0 Å². The number of hydrogen-bond acceptors (Lipinski definition) is 2. The Balaban J connectivity index is 2.56. The number of pyridine rings is 1. The number of aromatic nitrogens is 1. The minimum absolute atomic E-state index is 0.504. The lowest BCUT2D eigenvalue weighted by molar-refractivity contribution is 0.494. The largest absolute Gasteiger partial charge is 0.381 e. The molecule has 0 aliphatic heterocycles. The number of nitrogens with zero attached hydrogens (tertiary/aromatic N) is 1. The first-order valence-electron chi connectivity index (χ1n) is 5.32. The minimum atomic E-state index is 0.504. The molecular weight excluding hydrogens is 172 g/mol. The highest BCUT2D eigenvalue weighted by Gasteiger charge is 2.09. The standard InChI is InChI=1S/C12H20N2/c1-5-9(2)11(4)14-12-7-6-10(3)13-8-12/h6-9,11,14H,5H2,1-4H3/t9-,11+/m0/s1. The Morgan fingerprint density at radius 3 is 2.57 bits per heavy atom. The highest BCUT2D eigenvalue weighted by Crippen LogP contribution is 2.13. The highest BCUT2D eigenvalue weighted by molar-refractivity contribution is 5.41. The number of anilines is 1. The molecule has 1 rings (SSSR count). The van der Waals surface area contributed by atoms with Crippen LogP contribution in [0, 0.1) is 12.8 Å². The average molecular weight is 192 g/mol. The van der Waals surface area contributed by atoms with Crippen molar-refractivity contribution in [3.05, 3.63) is 24.0 Å². The van der Waals surface area contributed by atoms with Gasteiger partial charge in [-0.15, -0.1) is 0 Å². The molecule has 2 nitrogen and oxygen atoms in total. The van der Waals surface area contributed by atoms with Gasteiger partial charge in [-0.3, -0.25) is 4.98 Å². The summed E-state index contributed by atoms with van der Waals surface area (Å²) in [5.74, 6) is 0.691. The first kappa shape index (κ1) is 11.0. The Bertz CT molecular complexity index is 266. The van der Waals surface area contributed by atoms with Crippen LogP contribution >= 0.6 is 0 Å². The lowest BCUT2D eigenvalue weighted by Gasteiger charge is -2.20. The van der Waals surface area contributed by atoms with Crippen molar-refractivity contribution in [3.8, 4) is 0 Å². The molecule has 0 saturated carbocycles. The molecule has 0 radical (unpaired) electrons. The third-order valence-electron chi connectivity index (χ3n) is 2.80. The van der Waals surface area contributed by atoms with E-state index in [1.54, 1.807) is 0 Å². The van der Waals surface area contributed by atoms with E-state index < -0.39 is 0 Å². The SMILES string of the molecule is CC[C@H](C)[C@@H](C)Nc1ccc(C)nc1. The van der Waals surface area contributed by atoms with Gasteiger partial charge in [0.05, 0.1) is 11.9 Å². The van der Waals surface area contributed by atoms with E-state index in [0.717, 1.165) is 11.4 Å². The average Bonchev–Trinajstić information content (AvgIpc) is 2.20. The van der Waals surface area contributed by atoms with E-state index >= 15 is 0 Å². The van der Waals surface area contributed by atoms with Gasteiger partial charge in [0, 0.05) is 11.7 Å². The van der Waals surface area contributed by atoms with Crippen LogP contribution in [0.3, 0.4) is 0 Å². The Morgan fingerprint density at radius 2 is 2.07 bits per heavy atom. The van der Waals surface area contributed by atoms with Gasteiger partial charge >= 0.3 is 0 Å². The summed E-state index contributed by atoms with van der Waals surface area (Å²) in [6.07, 6.45) is 3.10. The van der Waals surface area contributed by atoms with Crippen LogP contribution in [0.5, 0.6) is 0 Å².